The van der Waals surface area contributed by atoms with Gasteiger partial charge in [0.25, 0.3) is 0 Å². The van der Waals surface area contributed by atoms with Crippen molar-refractivity contribution in [3.8, 4) is 12.1 Å². The van der Waals surface area contributed by atoms with Crippen LogP contribution in [0.4, 0.5) is 0 Å². The van der Waals surface area contributed by atoms with Crippen molar-refractivity contribution in [1.82, 2.24) is 14.7 Å². The van der Waals surface area contributed by atoms with Gasteiger partial charge in [0.05, 0.1) is 0 Å². The van der Waals surface area contributed by atoms with Crippen LogP contribution in [0.2, 0.25) is 0 Å². The third-order valence-electron chi connectivity index (χ3n) is 7.38. The normalized spacial score (nSPS) is 16.2. The van der Waals surface area contributed by atoms with Crippen LogP contribution in [0.5, 0.6) is 0 Å². The summed E-state index contributed by atoms with van der Waals surface area (Å²) in [6, 6.07) is 19.7. The molecule has 0 aromatic heterocycles. The third kappa shape index (κ3) is 6.64. The Kier molecular flexibility index (Phi) is 9.34. The van der Waals surface area contributed by atoms with Crippen molar-refractivity contribution in [3.05, 3.63) is 81.7 Å². The van der Waals surface area contributed by atoms with Gasteiger partial charge in [-0.1, -0.05) is 48.9 Å². The monoisotopic (exact) mass is 499 g/mol. The second-order valence-electron chi connectivity index (χ2n) is 9.90. The maximum Gasteiger partial charge on any atom is 0.169 e. The molecule has 2 saturated heterocycles. The van der Waals surface area contributed by atoms with E-state index in [1.54, 1.807) is 0 Å². The summed E-state index contributed by atoms with van der Waals surface area (Å²) in [5.41, 5.74) is 6.80. The SMILES string of the molecule is Cc1cccc(CN2CCN(CCSCc3cccc(CN4CCCCC4)c3)C2=C(C#N)C#N)c1C. The highest BCUT2D eigenvalue weighted by molar-refractivity contribution is 7.98. The standard InChI is InChI=1S/C30H37N5S/c1-24-8-6-11-28(25(24)2)22-35-15-14-34(30(35)29(19-31)20-32)16-17-36-23-27-10-7-9-26(18-27)21-33-12-4-3-5-13-33/h6-11,18H,3-5,12-17,21-23H2,1-2H3. The third-order valence-corrected chi connectivity index (χ3v) is 8.39. The molecular formula is C30H37N5S. The fourth-order valence-electron chi connectivity index (χ4n) is 5.21. The molecule has 2 aromatic carbocycles. The smallest absolute Gasteiger partial charge is 0.169 e. The minimum absolute atomic E-state index is 0.216. The largest absolute Gasteiger partial charge is 0.354 e. The first-order valence-corrected chi connectivity index (χ1v) is 14.2. The first-order chi connectivity index (χ1) is 17.6. The molecule has 0 spiro atoms. The minimum atomic E-state index is 0.216. The van der Waals surface area contributed by atoms with Crippen LogP contribution in [0.25, 0.3) is 0 Å². The molecule has 0 atom stereocenters. The zero-order valence-corrected chi connectivity index (χ0v) is 22.5. The lowest BCUT2D eigenvalue weighted by Crippen LogP contribution is -2.29. The van der Waals surface area contributed by atoms with E-state index in [2.05, 4.69) is 83.2 Å². The second kappa shape index (κ2) is 12.9. The highest BCUT2D eigenvalue weighted by Crippen LogP contribution is 2.27. The van der Waals surface area contributed by atoms with E-state index in [4.69, 9.17) is 0 Å². The number of nitrogens with zero attached hydrogens (tertiary/aromatic N) is 5. The van der Waals surface area contributed by atoms with Gasteiger partial charge in [0, 0.05) is 44.2 Å². The molecule has 2 aliphatic heterocycles. The number of nitriles is 2. The fourth-order valence-corrected chi connectivity index (χ4v) is 6.12. The predicted octanol–water partition coefficient (Wildman–Crippen LogP) is 5.60. The molecule has 0 aliphatic carbocycles. The Hall–Kier alpha value is -2.93. The van der Waals surface area contributed by atoms with E-state index < -0.39 is 0 Å². The van der Waals surface area contributed by atoms with E-state index in [9.17, 15) is 10.5 Å². The van der Waals surface area contributed by atoms with Crippen molar-refractivity contribution in [2.75, 3.05) is 38.5 Å². The van der Waals surface area contributed by atoms with Gasteiger partial charge in [-0.2, -0.15) is 22.3 Å². The summed E-state index contributed by atoms with van der Waals surface area (Å²) in [4.78, 5) is 7.01. The number of piperidine rings is 1. The molecule has 0 bridgehead atoms. The van der Waals surface area contributed by atoms with E-state index in [1.165, 1.54) is 60.2 Å². The number of thioether (sulfide) groups is 1. The lowest BCUT2D eigenvalue weighted by Gasteiger charge is -2.26. The number of allylic oxidation sites excluding steroid dienone is 1. The molecule has 36 heavy (non-hydrogen) atoms. The Morgan fingerprint density at radius 2 is 1.58 bits per heavy atom. The van der Waals surface area contributed by atoms with Crippen LogP contribution in [0, 0.1) is 36.5 Å². The summed E-state index contributed by atoms with van der Waals surface area (Å²) in [5, 5.41) is 19.3. The number of benzene rings is 2. The van der Waals surface area contributed by atoms with Crippen molar-refractivity contribution in [3.63, 3.8) is 0 Å². The van der Waals surface area contributed by atoms with Crippen LogP contribution in [-0.4, -0.2) is 53.2 Å². The number of likely N-dealkylation sites (tertiary alicyclic amines) is 1. The van der Waals surface area contributed by atoms with Gasteiger partial charge in [0.15, 0.2) is 5.57 Å². The summed E-state index contributed by atoms with van der Waals surface area (Å²) in [5.74, 6) is 2.74. The average Bonchev–Trinajstić information content (AvgIpc) is 3.28. The summed E-state index contributed by atoms with van der Waals surface area (Å²) < 4.78 is 0. The molecule has 2 fully saturated rings. The van der Waals surface area contributed by atoms with Crippen LogP contribution in [0.15, 0.2) is 53.9 Å². The summed E-state index contributed by atoms with van der Waals surface area (Å²) in [7, 11) is 0. The van der Waals surface area contributed by atoms with Gasteiger partial charge in [0.1, 0.15) is 18.0 Å². The Bertz CT molecular complexity index is 1140. The van der Waals surface area contributed by atoms with E-state index in [0.717, 1.165) is 50.1 Å². The van der Waals surface area contributed by atoms with Gasteiger partial charge in [-0.3, -0.25) is 4.90 Å². The molecule has 6 heteroatoms. The topological polar surface area (TPSA) is 57.3 Å². The first kappa shape index (κ1) is 26.1. The summed E-state index contributed by atoms with van der Waals surface area (Å²) >= 11 is 1.92. The van der Waals surface area contributed by atoms with Crippen LogP contribution >= 0.6 is 11.8 Å². The molecule has 0 amide bonds. The number of aryl methyl sites for hydroxylation is 1. The van der Waals surface area contributed by atoms with Gasteiger partial charge in [-0.15, -0.1) is 0 Å². The van der Waals surface area contributed by atoms with Crippen molar-refractivity contribution in [1.29, 1.82) is 10.5 Å². The molecule has 4 rings (SSSR count). The molecule has 0 saturated carbocycles. The number of rotatable bonds is 9. The quantitative estimate of drug-likeness (QED) is 0.331. The van der Waals surface area contributed by atoms with Gasteiger partial charge in [0.2, 0.25) is 0 Å². The lowest BCUT2D eigenvalue weighted by atomic mass is 10.0. The Morgan fingerprint density at radius 3 is 2.36 bits per heavy atom. The van der Waals surface area contributed by atoms with Crippen LogP contribution in [-0.2, 0) is 18.8 Å². The molecular weight excluding hydrogens is 462 g/mol. The van der Waals surface area contributed by atoms with Crippen LogP contribution in [0.3, 0.4) is 0 Å². The molecule has 2 aromatic rings. The van der Waals surface area contributed by atoms with E-state index in [1.807, 2.05) is 11.8 Å². The highest BCUT2D eigenvalue weighted by atomic mass is 32.2. The molecule has 5 nitrogen and oxygen atoms in total. The number of hydrogen-bond acceptors (Lipinski definition) is 6. The van der Waals surface area contributed by atoms with Gasteiger partial charge >= 0.3 is 0 Å². The lowest BCUT2D eigenvalue weighted by molar-refractivity contribution is 0.221. The molecule has 0 N–H and O–H groups in total. The number of hydrogen-bond donors (Lipinski definition) is 0. The second-order valence-corrected chi connectivity index (χ2v) is 11.0. The summed E-state index contributed by atoms with van der Waals surface area (Å²) in [6.45, 7) is 11.0. The van der Waals surface area contributed by atoms with Gasteiger partial charge < -0.3 is 9.80 Å². The molecule has 2 aliphatic rings. The maximum atomic E-state index is 9.66. The Labute approximate surface area is 221 Å². The van der Waals surface area contributed by atoms with Crippen molar-refractivity contribution in [2.24, 2.45) is 0 Å². The molecule has 188 valence electrons. The Morgan fingerprint density at radius 1 is 0.861 bits per heavy atom. The zero-order valence-electron chi connectivity index (χ0n) is 21.7. The van der Waals surface area contributed by atoms with Crippen molar-refractivity contribution >= 4 is 11.8 Å². The molecule has 0 unspecified atom stereocenters. The van der Waals surface area contributed by atoms with E-state index in [0.29, 0.717) is 0 Å². The molecule has 2 heterocycles. The highest BCUT2D eigenvalue weighted by Gasteiger charge is 2.28. The van der Waals surface area contributed by atoms with Crippen LogP contribution in [0.1, 0.15) is 47.1 Å². The minimum Gasteiger partial charge on any atom is -0.354 e. The predicted molar refractivity (Wildman–Crippen MR) is 148 cm³/mol. The molecule has 0 radical (unpaired) electrons. The van der Waals surface area contributed by atoms with E-state index in [-0.39, 0.29) is 5.57 Å². The average molecular weight is 500 g/mol. The van der Waals surface area contributed by atoms with Crippen molar-refractivity contribution < 1.29 is 0 Å². The van der Waals surface area contributed by atoms with E-state index >= 15 is 0 Å². The maximum absolute atomic E-state index is 9.66. The first-order valence-electron chi connectivity index (χ1n) is 13.1. The van der Waals surface area contributed by atoms with Crippen LogP contribution < -0.4 is 0 Å². The zero-order chi connectivity index (χ0) is 25.3. The van der Waals surface area contributed by atoms with Gasteiger partial charge in [-0.05, 0) is 67.6 Å². The van der Waals surface area contributed by atoms with Crippen molar-refractivity contribution in [2.45, 2.75) is 52.0 Å². The fraction of sp³-hybridized carbons (Fsp3) is 0.467. The van der Waals surface area contributed by atoms with Gasteiger partial charge in [-0.25, -0.2) is 0 Å². The Balaban J connectivity index is 1.33. The summed E-state index contributed by atoms with van der Waals surface area (Å²) in [6.07, 6.45) is 4.02.